The normalized spacial score (nSPS) is 19.2. The molecule has 16 heavy (non-hydrogen) atoms. The number of rotatable bonds is 3. The fourth-order valence-electron chi connectivity index (χ4n) is 2.07. The lowest BCUT2D eigenvalue weighted by molar-refractivity contribution is -0.152. The molecule has 1 aliphatic rings. The summed E-state index contributed by atoms with van der Waals surface area (Å²) in [6, 6.07) is 0. The minimum atomic E-state index is -1.18. The van der Waals surface area contributed by atoms with Gasteiger partial charge in [0.25, 0.3) is 0 Å². The van der Waals surface area contributed by atoms with Crippen molar-refractivity contribution >= 4 is 17.6 Å². The zero-order chi connectivity index (χ0) is 11.9. The summed E-state index contributed by atoms with van der Waals surface area (Å²) >= 11 is 5.97. The highest BCUT2D eigenvalue weighted by Gasteiger charge is 2.56. The van der Waals surface area contributed by atoms with Crippen LogP contribution >= 0.6 is 11.6 Å². The summed E-state index contributed by atoms with van der Waals surface area (Å²) in [5.74, 6) is -0.630. The minimum Gasteiger partial charge on any atom is -0.467 e. The van der Waals surface area contributed by atoms with E-state index in [1.54, 1.807) is 17.9 Å². The minimum absolute atomic E-state index is 0.336. The topological polar surface area (TPSA) is 64.3 Å². The first-order chi connectivity index (χ1) is 7.53. The lowest BCUT2D eigenvalue weighted by Crippen LogP contribution is -2.36. The SMILES string of the molecule is COC(=O)C(O)C1(c2c(Cl)ncn2C)CC1. The maximum Gasteiger partial charge on any atom is 0.335 e. The summed E-state index contributed by atoms with van der Waals surface area (Å²) in [6.45, 7) is 0. The molecule has 2 rings (SSSR count). The average molecular weight is 245 g/mol. The third kappa shape index (κ3) is 1.51. The Morgan fingerprint density at radius 3 is 2.75 bits per heavy atom. The highest BCUT2D eigenvalue weighted by Crippen LogP contribution is 2.52. The number of halogens is 1. The Kier molecular flexibility index (Phi) is 2.67. The molecule has 1 fully saturated rings. The van der Waals surface area contributed by atoms with Crippen molar-refractivity contribution in [2.45, 2.75) is 24.4 Å². The fraction of sp³-hybridized carbons (Fsp3) is 0.600. The number of imidazole rings is 1. The van der Waals surface area contributed by atoms with Crippen molar-refractivity contribution in [3.05, 3.63) is 17.2 Å². The van der Waals surface area contributed by atoms with Gasteiger partial charge in [0.2, 0.25) is 0 Å². The molecule has 88 valence electrons. The Morgan fingerprint density at radius 1 is 1.75 bits per heavy atom. The van der Waals surface area contributed by atoms with E-state index < -0.39 is 17.5 Å². The van der Waals surface area contributed by atoms with Crippen LogP contribution in [-0.2, 0) is 22.0 Å². The Balaban J connectivity index is 2.37. The molecule has 6 heteroatoms. The number of hydrogen-bond acceptors (Lipinski definition) is 4. The van der Waals surface area contributed by atoms with Crippen LogP contribution in [0.15, 0.2) is 6.33 Å². The van der Waals surface area contributed by atoms with Crippen LogP contribution < -0.4 is 0 Å². The van der Waals surface area contributed by atoms with Gasteiger partial charge in [0.1, 0.15) is 0 Å². The predicted molar refractivity (Wildman–Crippen MR) is 57.2 cm³/mol. The van der Waals surface area contributed by atoms with Gasteiger partial charge in [0, 0.05) is 7.05 Å². The number of ether oxygens (including phenoxy) is 1. The quantitative estimate of drug-likeness (QED) is 0.793. The molecule has 1 atom stereocenters. The van der Waals surface area contributed by atoms with Crippen molar-refractivity contribution in [1.29, 1.82) is 0 Å². The Morgan fingerprint density at radius 2 is 2.38 bits per heavy atom. The molecule has 0 saturated heterocycles. The molecule has 5 nitrogen and oxygen atoms in total. The van der Waals surface area contributed by atoms with Crippen LogP contribution in [0.2, 0.25) is 5.15 Å². The van der Waals surface area contributed by atoms with Crippen LogP contribution in [0.25, 0.3) is 0 Å². The second-order valence-electron chi connectivity index (χ2n) is 4.08. The number of carbonyl (C=O) groups excluding carboxylic acids is 1. The standard InChI is InChI=1S/C10H13ClN2O3/c1-13-5-12-8(11)6(13)10(3-4-10)7(14)9(15)16-2/h5,7,14H,3-4H2,1-2H3. The van der Waals surface area contributed by atoms with Gasteiger partial charge < -0.3 is 14.4 Å². The maximum absolute atomic E-state index is 11.4. The summed E-state index contributed by atoms with van der Waals surface area (Å²) < 4.78 is 6.29. The monoisotopic (exact) mass is 244 g/mol. The molecule has 1 aromatic heterocycles. The third-order valence-electron chi connectivity index (χ3n) is 3.10. The van der Waals surface area contributed by atoms with E-state index in [-0.39, 0.29) is 0 Å². The molecule has 0 aromatic carbocycles. The van der Waals surface area contributed by atoms with Crippen LogP contribution in [-0.4, -0.2) is 33.8 Å². The summed E-state index contributed by atoms with van der Waals surface area (Å²) in [4.78, 5) is 15.3. The van der Waals surface area contributed by atoms with Gasteiger partial charge in [-0.25, -0.2) is 9.78 Å². The molecule has 1 aliphatic carbocycles. The number of methoxy groups -OCH3 is 1. The Hall–Kier alpha value is -1.07. The highest BCUT2D eigenvalue weighted by atomic mass is 35.5. The first-order valence-electron chi connectivity index (χ1n) is 4.96. The highest BCUT2D eigenvalue weighted by molar-refractivity contribution is 6.30. The van der Waals surface area contributed by atoms with Crippen molar-refractivity contribution in [2.24, 2.45) is 7.05 Å². The molecule has 1 aromatic rings. The van der Waals surface area contributed by atoms with Crippen molar-refractivity contribution in [3.8, 4) is 0 Å². The van der Waals surface area contributed by atoms with Crippen LogP contribution in [0, 0.1) is 0 Å². The molecule has 1 N–H and O–H groups in total. The maximum atomic E-state index is 11.4. The second-order valence-corrected chi connectivity index (χ2v) is 4.43. The summed E-state index contributed by atoms with van der Waals surface area (Å²) in [5.41, 5.74) is 0.0853. The smallest absolute Gasteiger partial charge is 0.335 e. The summed E-state index contributed by atoms with van der Waals surface area (Å²) in [5, 5.41) is 10.3. The Bertz CT molecular complexity index is 406. The lowest BCUT2D eigenvalue weighted by atomic mass is 9.95. The van der Waals surface area contributed by atoms with Gasteiger partial charge in [0.05, 0.1) is 24.5 Å². The molecule has 1 heterocycles. The first-order valence-corrected chi connectivity index (χ1v) is 5.34. The first kappa shape index (κ1) is 11.4. The van der Waals surface area contributed by atoms with E-state index in [1.165, 1.54) is 7.11 Å². The molecule has 0 bridgehead atoms. The van der Waals surface area contributed by atoms with E-state index in [4.69, 9.17) is 11.6 Å². The summed E-state index contributed by atoms with van der Waals surface area (Å²) in [7, 11) is 3.05. The fourth-order valence-corrected chi connectivity index (χ4v) is 2.44. The molecule has 0 aliphatic heterocycles. The number of aliphatic hydroxyl groups is 1. The average Bonchev–Trinajstić information content (AvgIpc) is 2.99. The zero-order valence-corrected chi connectivity index (χ0v) is 9.86. The van der Waals surface area contributed by atoms with Gasteiger partial charge in [-0.2, -0.15) is 0 Å². The van der Waals surface area contributed by atoms with Gasteiger partial charge in [-0.05, 0) is 12.8 Å². The van der Waals surface area contributed by atoms with Crippen LogP contribution in [0.3, 0.4) is 0 Å². The van der Waals surface area contributed by atoms with Gasteiger partial charge in [-0.1, -0.05) is 11.6 Å². The van der Waals surface area contributed by atoms with Crippen molar-refractivity contribution in [1.82, 2.24) is 9.55 Å². The van der Waals surface area contributed by atoms with Gasteiger partial charge in [0.15, 0.2) is 11.3 Å². The van der Waals surface area contributed by atoms with Crippen molar-refractivity contribution in [2.75, 3.05) is 7.11 Å². The molecular formula is C10H13ClN2O3. The number of aryl methyl sites for hydroxylation is 1. The van der Waals surface area contributed by atoms with Crippen LogP contribution in [0.5, 0.6) is 0 Å². The number of aliphatic hydroxyl groups excluding tert-OH is 1. The van der Waals surface area contributed by atoms with Crippen molar-refractivity contribution < 1.29 is 14.6 Å². The van der Waals surface area contributed by atoms with Gasteiger partial charge >= 0.3 is 5.97 Å². The van der Waals surface area contributed by atoms with E-state index >= 15 is 0 Å². The number of nitrogens with zero attached hydrogens (tertiary/aromatic N) is 2. The third-order valence-corrected chi connectivity index (χ3v) is 3.38. The lowest BCUT2D eigenvalue weighted by Gasteiger charge is -2.20. The van der Waals surface area contributed by atoms with Gasteiger partial charge in [-0.3, -0.25) is 0 Å². The number of aromatic nitrogens is 2. The van der Waals surface area contributed by atoms with E-state index in [9.17, 15) is 9.90 Å². The molecule has 1 saturated carbocycles. The molecule has 1 unspecified atom stereocenters. The molecule has 0 spiro atoms. The van der Waals surface area contributed by atoms with Crippen molar-refractivity contribution in [3.63, 3.8) is 0 Å². The number of esters is 1. The van der Waals surface area contributed by atoms with E-state index in [2.05, 4.69) is 9.72 Å². The predicted octanol–water partition coefficient (Wildman–Crippen LogP) is 0.639. The van der Waals surface area contributed by atoms with E-state index in [0.29, 0.717) is 23.7 Å². The van der Waals surface area contributed by atoms with Crippen LogP contribution in [0.4, 0.5) is 0 Å². The zero-order valence-electron chi connectivity index (χ0n) is 9.11. The second kappa shape index (κ2) is 3.75. The number of hydrogen-bond donors (Lipinski definition) is 1. The van der Waals surface area contributed by atoms with Gasteiger partial charge in [-0.15, -0.1) is 0 Å². The Labute approximate surface area is 98.0 Å². The summed E-state index contributed by atoms with van der Waals surface area (Å²) in [6.07, 6.45) is 1.82. The molecule has 0 radical (unpaired) electrons. The van der Waals surface area contributed by atoms with Crippen LogP contribution in [0.1, 0.15) is 18.5 Å². The number of carbonyl (C=O) groups is 1. The molecule has 0 amide bonds. The molecular weight excluding hydrogens is 232 g/mol. The largest absolute Gasteiger partial charge is 0.467 e. The van der Waals surface area contributed by atoms with E-state index in [0.717, 1.165) is 0 Å². The van der Waals surface area contributed by atoms with E-state index in [1.807, 2.05) is 0 Å².